The molecule has 2 aromatic rings. The average molecular weight is 685 g/mol. The molecule has 2 aliphatic heterocycles. The molecule has 0 aliphatic carbocycles. The molecule has 14 heteroatoms. The highest BCUT2D eigenvalue weighted by Crippen LogP contribution is 2.48. The Balaban J connectivity index is 1.63. The molecule has 48 heavy (non-hydrogen) atoms. The first-order valence-electron chi connectivity index (χ1n) is 17.3. The van der Waals surface area contributed by atoms with Crippen molar-refractivity contribution in [3.8, 4) is 10.7 Å². The van der Waals surface area contributed by atoms with E-state index in [-0.39, 0.29) is 11.7 Å². The number of thiazole rings is 1. The van der Waals surface area contributed by atoms with Gasteiger partial charge in [0.2, 0.25) is 0 Å². The Kier molecular flexibility index (Phi) is 12.2. The molecule has 2 aliphatic rings. The van der Waals surface area contributed by atoms with Gasteiger partial charge in [0.05, 0.1) is 19.6 Å². The number of nitrogens with zero attached hydrogens (tertiary/aromatic N) is 6. The van der Waals surface area contributed by atoms with Crippen LogP contribution in [-0.4, -0.2) is 106 Å². The number of likely N-dealkylation sites (N-methyl/N-ethyl adjacent to an activating group) is 1. The van der Waals surface area contributed by atoms with Gasteiger partial charge in [0.25, 0.3) is 0 Å². The third kappa shape index (κ3) is 7.07. The maximum absolute atomic E-state index is 13.9. The summed E-state index contributed by atoms with van der Waals surface area (Å²) in [6.07, 6.45) is 6.14. The monoisotopic (exact) mass is 684 g/mol. The zero-order chi connectivity index (χ0) is 35.4. The lowest BCUT2D eigenvalue weighted by molar-refractivity contribution is -0.189. The number of fused-ring (bicyclic) bond motifs is 1. The van der Waals surface area contributed by atoms with Gasteiger partial charge in [-0.2, -0.15) is 0 Å². The number of aryl methyl sites for hydroxylation is 1. The normalized spacial score (nSPS) is 34.3. The molecule has 2 saturated heterocycles. The van der Waals surface area contributed by atoms with E-state index in [1.54, 1.807) is 31.8 Å². The molecule has 0 N–H and O–H groups in total. The number of esters is 1. The lowest BCUT2D eigenvalue weighted by Gasteiger charge is -2.52. The number of carbonyl (C=O) groups is 3. The Labute approximate surface area is 290 Å². The number of unbranched alkanes of at least 4 members (excludes halogenated alkanes) is 1. The molecular weight excluding hydrogens is 631 g/mol. The number of hydrogen-bond donors (Lipinski definition) is 0. The van der Waals surface area contributed by atoms with E-state index in [1.165, 1.54) is 11.3 Å². The van der Waals surface area contributed by atoms with Gasteiger partial charge in [0.1, 0.15) is 34.2 Å². The Morgan fingerprint density at radius 3 is 2.46 bits per heavy atom. The van der Waals surface area contributed by atoms with E-state index in [0.717, 1.165) is 23.5 Å². The van der Waals surface area contributed by atoms with Crippen LogP contribution >= 0.6 is 11.3 Å². The van der Waals surface area contributed by atoms with Crippen LogP contribution in [-0.2, 0) is 30.3 Å². The minimum Gasteiger partial charge on any atom is -0.457 e. The van der Waals surface area contributed by atoms with Crippen molar-refractivity contribution in [2.24, 2.45) is 17.8 Å². The van der Waals surface area contributed by atoms with Crippen LogP contribution in [0.25, 0.3) is 10.7 Å². The lowest BCUT2D eigenvalue weighted by Crippen LogP contribution is -2.70. The van der Waals surface area contributed by atoms with Crippen molar-refractivity contribution >= 4 is 37.0 Å². The SMILES string of the molecule is [B][C@@H]1[C@@H](C)C(=O)[C@@H](C)C(=O)O[C@H](CC)[C@@]2(C)OC(=O)N(CCCCn3cc(-c4nccs4)nn3)[C@]2(CC)N(C)CC[C@@H](C)C[C@@]1(C)OC. The van der Waals surface area contributed by atoms with Crippen LogP contribution in [0, 0.1) is 17.8 Å². The second kappa shape index (κ2) is 15.4. The Morgan fingerprint density at radius 1 is 1.12 bits per heavy atom. The number of amides is 1. The molecule has 12 nitrogen and oxygen atoms in total. The number of hydrogen-bond acceptors (Lipinski definition) is 11. The van der Waals surface area contributed by atoms with Crippen molar-refractivity contribution < 1.29 is 28.6 Å². The van der Waals surface area contributed by atoms with E-state index in [1.807, 2.05) is 51.2 Å². The first kappa shape index (κ1) is 38.0. The van der Waals surface area contributed by atoms with Crippen LogP contribution in [0.15, 0.2) is 17.8 Å². The van der Waals surface area contributed by atoms with Crippen molar-refractivity contribution in [2.45, 2.75) is 122 Å². The number of carbonyl (C=O) groups excluding carboxylic acids is 3. The highest BCUT2D eigenvalue weighted by Gasteiger charge is 2.67. The van der Waals surface area contributed by atoms with Gasteiger partial charge in [-0.05, 0) is 78.1 Å². The summed E-state index contributed by atoms with van der Waals surface area (Å²) in [4.78, 5) is 49.5. The predicted octanol–water partition coefficient (Wildman–Crippen LogP) is 5.39. The van der Waals surface area contributed by atoms with E-state index in [9.17, 15) is 14.4 Å². The quantitative estimate of drug-likeness (QED) is 0.147. The van der Waals surface area contributed by atoms with Gasteiger partial charge in [-0.25, -0.2) is 9.78 Å². The molecule has 0 unspecified atom stereocenters. The number of ether oxygens (including phenoxy) is 3. The van der Waals surface area contributed by atoms with E-state index in [4.69, 9.17) is 22.1 Å². The number of Topliss-reactive ketones (excluding diaryl/α,β-unsaturated/α-hetero) is 1. The summed E-state index contributed by atoms with van der Waals surface area (Å²) < 4.78 is 20.2. The third-order valence-electron chi connectivity index (χ3n) is 11.0. The van der Waals surface area contributed by atoms with Crippen LogP contribution in [0.1, 0.15) is 87.0 Å². The summed E-state index contributed by atoms with van der Waals surface area (Å²) in [6.45, 7) is 14.9. The molecule has 0 spiro atoms. The highest BCUT2D eigenvalue weighted by atomic mass is 32.1. The third-order valence-corrected chi connectivity index (χ3v) is 11.8. The van der Waals surface area contributed by atoms with Crippen molar-refractivity contribution in [3.05, 3.63) is 17.8 Å². The molecule has 264 valence electrons. The fourth-order valence-electron chi connectivity index (χ4n) is 7.93. The summed E-state index contributed by atoms with van der Waals surface area (Å²) in [6, 6.07) is 0. The second-order valence-electron chi connectivity index (χ2n) is 14.0. The van der Waals surface area contributed by atoms with Gasteiger partial charge in [-0.3, -0.25) is 24.1 Å². The van der Waals surface area contributed by atoms with Gasteiger partial charge in [0.15, 0.2) is 5.60 Å². The van der Waals surface area contributed by atoms with Crippen molar-refractivity contribution in [3.63, 3.8) is 0 Å². The molecule has 2 radical (unpaired) electrons. The maximum Gasteiger partial charge on any atom is 0.412 e. The molecule has 4 rings (SSSR count). The zero-order valence-electron chi connectivity index (χ0n) is 30.1. The summed E-state index contributed by atoms with van der Waals surface area (Å²) in [5.74, 6) is -3.09. The van der Waals surface area contributed by atoms with Crippen molar-refractivity contribution in [1.29, 1.82) is 0 Å². The Morgan fingerprint density at radius 2 is 1.83 bits per heavy atom. The standard InChI is InChI=1S/C34H53BN6O6S/c1-10-26-33(7)34(11-2,41(31(44)47-33)17-13-12-16-40-21-25(37-38-40)29-36-15-19-48-29)39(8)18-14-22(3)20-32(6,45-9)28(35)23(4)27(42)24(5)30(43)46-26/h15,19,21-24,26,28H,10-14,16-18,20H2,1-9H3/t22-,23+,24-,26-,28-,32-,33-,34+/m1/s1. The first-order chi connectivity index (χ1) is 22.7. The summed E-state index contributed by atoms with van der Waals surface area (Å²) in [5.41, 5.74) is -2.21. The molecule has 0 bridgehead atoms. The molecule has 4 heterocycles. The summed E-state index contributed by atoms with van der Waals surface area (Å²) >= 11 is 1.51. The van der Waals surface area contributed by atoms with Crippen LogP contribution in [0.2, 0.25) is 5.82 Å². The van der Waals surface area contributed by atoms with Crippen LogP contribution in [0.5, 0.6) is 0 Å². The van der Waals surface area contributed by atoms with Gasteiger partial charge >= 0.3 is 12.1 Å². The predicted molar refractivity (Wildman–Crippen MR) is 184 cm³/mol. The van der Waals surface area contributed by atoms with E-state index in [0.29, 0.717) is 45.3 Å². The maximum atomic E-state index is 13.9. The minimum atomic E-state index is -1.22. The van der Waals surface area contributed by atoms with Crippen molar-refractivity contribution in [1.82, 2.24) is 29.8 Å². The van der Waals surface area contributed by atoms with E-state index < -0.39 is 52.7 Å². The molecule has 8 atom stereocenters. The van der Waals surface area contributed by atoms with Crippen LogP contribution in [0.3, 0.4) is 0 Å². The van der Waals surface area contributed by atoms with E-state index in [2.05, 4.69) is 27.1 Å². The number of methoxy groups -OCH3 is 1. The molecule has 0 saturated carbocycles. The minimum absolute atomic E-state index is 0.178. The smallest absolute Gasteiger partial charge is 0.412 e. The van der Waals surface area contributed by atoms with Crippen LogP contribution < -0.4 is 0 Å². The summed E-state index contributed by atoms with van der Waals surface area (Å²) in [5, 5.41) is 11.2. The number of aromatic nitrogens is 4. The largest absolute Gasteiger partial charge is 0.457 e. The first-order valence-corrected chi connectivity index (χ1v) is 18.1. The highest BCUT2D eigenvalue weighted by molar-refractivity contribution is 7.13. The van der Waals surface area contributed by atoms with Crippen LogP contribution in [0.4, 0.5) is 4.79 Å². The van der Waals surface area contributed by atoms with Crippen molar-refractivity contribution in [2.75, 3.05) is 27.2 Å². The molecule has 1 amide bonds. The zero-order valence-corrected chi connectivity index (χ0v) is 30.9. The second-order valence-corrected chi connectivity index (χ2v) is 14.9. The molecule has 2 fully saturated rings. The Bertz CT molecular complexity index is 1410. The van der Waals surface area contributed by atoms with E-state index >= 15 is 0 Å². The molecule has 2 aromatic heterocycles. The number of rotatable bonds is 9. The number of ketones is 1. The lowest BCUT2D eigenvalue weighted by atomic mass is 9.62. The summed E-state index contributed by atoms with van der Waals surface area (Å²) in [7, 11) is 10.3. The Hall–Kier alpha value is -2.84. The van der Waals surface area contributed by atoms with Gasteiger partial charge in [0, 0.05) is 44.2 Å². The van der Waals surface area contributed by atoms with Gasteiger partial charge in [-0.1, -0.05) is 32.9 Å². The number of cyclic esters (lactones) is 1. The average Bonchev–Trinajstić information content (AvgIpc) is 3.82. The fourth-order valence-corrected chi connectivity index (χ4v) is 8.51. The van der Waals surface area contributed by atoms with Gasteiger partial charge in [-0.15, -0.1) is 16.4 Å². The van der Waals surface area contributed by atoms with Gasteiger partial charge < -0.3 is 14.2 Å². The molecule has 0 aromatic carbocycles. The fraction of sp³-hybridized carbons (Fsp3) is 0.765. The topological polar surface area (TPSA) is 129 Å². The molecular formula is C34H53BN6O6S.